The molecule has 2 N–H and O–H groups in total. The van der Waals surface area contributed by atoms with Gasteiger partial charge in [0.2, 0.25) is 11.1 Å². The minimum absolute atomic E-state index is 0.230. The number of amides is 1. The second-order valence-electron chi connectivity index (χ2n) is 5.68. The van der Waals surface area contributed by atoms with Gasteiger partial charge in [0, 0.05) is 5.56 Å². The third kappa shape index (κ3) is 4.38. The van der Waals surface area contributed by atoms with Crippen LogP contribution in [0.3, 0.4) is 0 Å². The number of carbonyl (C=O) groups is 1. The molecule has 0 unspecified atom stereocenters. The summed E-state index contributed by atoms with van der Waals surface area (Å²) >= 11 is 13.4. The normalized spacial score (nSPS) is 12.0. The van der Waals surface area contributed by atoms with Crippen LogP contribution < -0.4 is 5.32 Å². The zero-order valence-corrected chi connectivity index (χ0v) is 16.4. The van der Waals surface area contributed by atoms with Crippen LogP contribution in [-0.4, -0.2) is 26.3 Å². The molecule has 1 amide bonds. The van der Waals surface area contributed by atoms with Gasteiger partial charge in [-0.1, -0.05) is 70.9 Å². The van der Waals surface area contributed by atoms with Crippen LogP contribution in [0.2, 0.25) is 10.0 Å². The smallest absolute Gasteiger partial charge is 0.237 e. The second-order valence-corrected chi connectivity index (χ2v) is 7.80. The minimum atomic E-state index is -0.427. The maximum absolute atomic E-state index is 12.4. The summed E-state index contributed by atoms with van der Waals surface area (Å²) in [5, 5.41) is 10.7. The Morgan fingerprint density at radius 2 is 1.81 bits per heavy atom. The quantitative estimate of drug-likeness (QED) is 0.570. The topological polar surface area (TPSA) is 70.7 Å². The third-order valence-corrected chi connectivity index (χ3v) is 5.24. The number of aryl methyl sites for hydroxylation is 1. The molecule has 0 aliphatic heterocycles. The highest BCUT2D eigenvalue weighted by Crippen LogP contribution is 2.31. The van der Waals surface area contributed by atoms with Crippen LogP contribution in [0.5, 0.6) is 0 Å². The van der Waals surface area contributed by atoms with Gasteiger partial charge in [0.05, 0.1) is 21.0 Å². The Labute approximate surface area is 165 Å². The molecule has 0 radical (unpaired) electrons. The number of benzene rings is 2. The van der Waals surface area contributed by atoms with Crippen molar-refractivity contribution in [2.75, 3.05) is 5.32 Å². The van der Waals surface area contributed by atoms with Crippen LogP contribution in [0.1, 0.15) is 12.5 Å². The van der Waals surface area contributed by atoms with Gasteiger partial charge in [0.1, 0.15) is 0 Å². The summed E-state index contributed by atoms with van der Waals surface area (Å²) in [7, 11) is 0. The lowest BCUT2D eigenvalue weighted by Gasteiger charge is -2.12. The summed E-state index contributed by atoms with van der Waals surface area (Å²) < 4.78 is 0. The number of anilines is 1. The number of rotatable bonds is 5. The molecule has 0 aliphatic rings. The first-order valence-corrected chi connectivity index (χ1v) is 9.48. The largest absolute Gasteiger partial charge is 0.323 e. The molecule has 1 heterocycles. The van der Waals surface area contributed by atoms with E-state index in [-0.39, 0.29) is 5.91 Å². The number of H-pyrrole nitrogens is 1. The zero-order valence-electron chi connectivity index (χ0n) is 14.1. The summed E-state index contributed by atoms with van der Waals surface area (Å²) in [5.41, 5.74) is 2.52. The maximum Gasteiger partial charge on any atom is 0.237 e. The first kappa shape index (κ1) is 18.8. The van der Waals surface area contributed by atoms with Crippen LogP contribution in [0.15, 0.2) is 47.6 Å². The van der Waals surface area contributed by atoms with E-state index in [9.17, 15) is 4.79 Å². The van der Waals surface area contributed by atoms with Crippen LogP contribution in [-0.2, 0) is 4.79 Å². The van der Waals surface area contributed by atoms with Crippen molar-refractivity contribution in [1.82, 2.24) is 15.2 Å². The number of thioether (sulfide) groups is 1. The van der Waals surface area contributed by atoms with E-state index < -0.39 is 5.25 Å². The monoisotopic (exact) mass is 406 g/mol. The standard InChI is InChI=1S/C18H16Cl2N4OS/c1-10-6-8-12(9-7-10)16-22-18(24-23-16)26-11(2)17(25)21-15-13(19)4-3-5-14(15)20/h3-9,11H,1-2H3,(H,21,25)(H,22,23,24)/t11-/m0/s1. The van der Waals surface area contributed by atoms with Crippen molar-refractivity contribution < 1.29 is 4.79 Å². The summed E-state index contributed by atoms with van der Waals surface area (Å²) in [6, 6.07) is 13.0. The molecule has 2 aromatic carbocycles. The third-order valence-electron chi connectivity index (χ3n) is 3.65. The molecule has 0 fully saturated rings. The van der Waals surface area contributed by atoms with E-state index in [2.05, 4.69) is 20.5 Å². The van der Waals surface area contributed by atoms with Crippen molar-refractivity contribution in [3.05, 3.63) is 58.1 Å². The highest BCUT2D eigenvalue weighted by atomic mass is 35.5. The second kappa shape index (κ2) is 8.12. The van der Waals surface area contributed by atoms with Gasteiger partial charge in [-0.2, -0.15) is 0 Å². The van der Waals surface area contributed by atoms with E-state index in [1.165, 1.54) is 17.3 Å². The Morgan fingerprint density at radius 3 is 2.46 bits per heavy atom. The number of para-hydroxylation sites is 1. The van der Waals surface area contributed by atoms with Crippen molar-refractivity contribution in [1.29, 1.82) is 0 Å². The number of hydrogen-bond acceptors (Lipinski definition) is 4. The molecule has 0 spiro atoms. The molecule has 0 saturated carbocycles. The number of aromatic nitrogens is 3. The molecule has 0 saturated heterocycles. The van der Waals surface area contributed by atoms with Crippen LogP contribution >= 0.6 is 35.0 Å². The fraction of sp³-hybridized carbons (Fsp3) is 0.167. The Bertz CT molecular complexity index is 907. The summed E-state index contributed by atoms with van der Waals surface area (Å²) in [6.45, 7) is 3.80. The molecule has 3 rings (SSSR count). The predicted octanol–water partition coefficient (Wildman–Crippen LogP) is 5.21. The van der Waals surface area contributed by atoms with Gasteiger partial charge in [0.15, 0.2) is 5.82 Å². The molecule has 134 valence electrons. The average Bonchev–Trinajstić information content (AvgIpc) is 3.07. The Hall–Kier alpha value is -2.02. The number of aromatic amines is 1. The molecule has 1 aromatic heterocycles. The zero-order chi connectivity index (χ0) is 18.7. The van der Waals surface area contributed by atoms with Gasteiger partial charge in [-0.05, 0) is 26.0 Å². The molecule has 8 heteroatoms. The molecular weight excluding hydrogens is 391 g/mol. The molecule has 0 aliphatic carbocycles. The van der Waals surface area contributed by atoms with Crippen molar-refractivity contribution >= 4 is 46.6 Å². The van der Waals surface area contributed by atoms with Gasteiger partial charge in [-0.25, -0.2) is 4.98 Å². The van der Waals surface area contributed by atoms with E-state index in [0.717, 1.165) is 5.56 Å². The lowest BCUT2D eigenvalue weighted by atomic mass is 10.1. The summed E-state index contributed by atoms with van der Waals surface area (Å²) in [6.07, 6.45) is 0. The molecule has 1 atom stereocenters. The van der Waals surface area contributed by atoms with Crippen molar-refractivity contribution in [2.45, 2.75) is 24.3 Å². The fourth-order valence-electron chi connectivity index (χ4n) is 2.19. The van der Waals surface area contributed by atoms with E-state index in [4.69, 9.17) is 23.2 Å². The van der Waals surface area contributed by atoms with Gasteiger partial charge in [-0.15, -0.1) is 5.10 Å². The molecule has 3 aromatic rings. The number of halogens is 2. The van der Waals surface area contributed by atoms with E-state index in [0.29, 0.717) is 26.7 Å². The first-order chi connectivity index (χ1) is 12.4. The summed E-state index contributed by atoms with van der Waals surface area (Å²) in [5.74, 6) is 0.431. The molecule has 5 nitrogen and oxygen atoms in total. The number of carbonyl (C=O) groups excluding carboxylic acids is 1. The van der Waals surface area contributed by atoms with E-state index in [1.807, 2.05) is 31.2 Å². The fourth-order valence-corrected chi connectivity index (χ4v) is 3.41. The van der Waals surface area contributed by atoms with Crippen LogP contribution in [0.4, 0.5) is 5.69 Å². The van der Waals surface area contributed by atoms with Crippen molar-refractivity contribution in [3.63, 3.8) is 0 Å². The maximum atomic E-state index is 12.4. The Balaban J connectivity index is 1.67. The van der Waals surface area contributed by atoms with Gasteiger partial charge in [0.25, 0.3) is 0 Å². The number of hydrogen-bond donors (Lipinski definition) is 2. The van der Waals surface area contributed by atoms with Gasteiger partial charge >= 0.3 is 0 Å². The summed E-state index contributed by atoms with van der Waals surface area (Å²) in [4.78, 5) is 16.9. The highest BCUT2D eigenvalue weighted by molar-refractivity contribution is 8.00. The van der Waals surface area contributed by atoms with Crippen molar-refractivity contribution in [2.24, 2.45) is 0 Å². The van der Waals surface area contributed by atoms with Gasteiger partial charge in [-0.3, -0.25) is 9.89 Å². The van der Waals surface area contributed by atoms with Crippen molar-refractivity contribution in [3.8, 4) is 11.4 Å². The highest BCUT2D eigenvalue weighted by Gasteiger charge is 2.19. The van der Waals surface area contributed by atoms with Crippen LogP contribution in [0, 0.1) is 6.92 Å². The first-order valence-electron chi connectivity index (χ1n) is 7.85. The number of nitrogens with zero attached hydrogens (tertiary/aromatic N) is 2. The lowest BCUT2D eigenvalue weighted by Crippen LogP contribution is -2.22. The predicted molar refractivity (Wildman–Crippen MR) is 107 cm³/mol. The molecular formula is C18H16Cl2N4OS. The molecule has 0 bridgehead atoms. The minimum Gasteiger partial charge on any atom is -0.323 e. The molecule has 26 heavy (non-hydrogen) atoms. The SMILES string of the molecule is Cc1ccc(-c2nc(S[C@@H](C)C(=O)Nc3c(Cl)cccc3Cl)n[nH]2)cc1. The Morgan fingerprint density at radius 1 is 1.15 bits per heavy atom. The van der Waals surface area contributed by atoms with Crippen LogP contribution in [0.25, 0.3) is 11.4 Å². The lowest BCUT2D eigenvalue weighted by molar-refractivity contribution is -0.115. The van der Waals surface area contributed by atoms with E-state index >= 15 is 0 Å². The number of nitrogens with one attached hydrogen (secondary N) is 2. The average molecular weight is 407 g/mol. The van der Waals surface area contributed by atoms with Gasteiger partial charge < -0.3 is 5.32 Å². The Kier molecular flexibility index (Phi) is 5.86. The van der Waals surface area contributed by atoms with E-state index in [1.54, 1.807) is 25.1 Å².